The van der Waals surface area contributed by atoms with Crippen LogP contribution in [-0.2, 0) is 40.6 Å². The number of carbonyl (C=O) groups is 3. The molecule has 0 fully saturated rings. The zero-order chi connectivity index (χ0) is 32.9. The van der Waals surface area contributed by atoms with Crippen LogP contribution in [0.1, 0.15) is 23.4 Å². The molecule has 12 nitrogen and oxygen atoms in total. The first-order valence-corrected chi connectivity index (χ1v) is 11.1. The van der Waals surface area contributed by atoms with Crippen molar-refractivity contribution in [1.82, 2.24) is 29.8 Å². The second-order valence-electron chi connectivity index (χ2n) is 8.28. The maximum Gasteiger partial charge on any atom is 0.490 e. The lowest BCUT2D eigenvalue weighted by Gasteiger charge is -2.20. The molecule has 0 unspecified atom stereocenters. The highest BCUT2D eigenvalue weighted by Gasteiger charge is 2.39. The Morgan fingerprint density at radius 3 is 1.74 bits per heavy atom. The monoisotopic (exact) mass is 628 g/mol. The maximum absolute atomic E-state index is 10.6. The van der Waals surface area contributed by atoms with E-state index in [1.165, 1.54) is 11.3 Å². The summed E-state index contributed by atoms with van der Waals surface area (Å²) in [7, 11) is 4.13. The molecule has 0 saturated heterocycles. The average Bonchev–Trinajstić information content (AvgIpc) is 3.07. The molecule has 0 saturated carbocycles. The van der Waals surface area contributed by atoms with Crippen molar-refractivity contribution in [2.45, 2.75) is 51.1 Å². The van der Waals surface area contributed by atoms with Gasteiger partial charge in [-0.05, 0) is 32.1 Å². The first-order chi connectivity index (χ1) is 19.1. The van der Waals surface area contributed by atoms with E-state index in [2.05, 4.69) is 49.9 Å². The molecule has 42 heavy (non-hydrogen) atoms. The van der Waals surface area contributed by atoms with Crippen molar-refractivity contribution in [1.29, 1.82) is 0 Å². The van der Waals surface area contributed by atoms with Gasteiger partial charge in [-0.2, -0.15) is 39.5 Å². The van der Waals surface area contributed by atoms with Crippen LogP contribution in [0.25, 0.3) is 0 Å². The second-order valence-corrected chi connectivity index (χ2v) is 8.28. The number of carboxylic acid groups (broad SMARTS) is 3. The number of aliphatic carboxylic acids is 3. The van der Waals surface area contributed by atoms with Gasteiger partial charge in [-0.1, -0.05) is 11.3 Å². The van der Waals surface area contributed by atoms with Gasteiger partial charge in [0.1, 0.15) is 5.69 Å². The second kappa shape index (κ2) is 16.4. The molecule has 3 N–H and O–H groups in total. The third-order valence-corrected chi connectivity index (χ3v) is 4.46. The summed E-state index contributed by atoms with van der Waals surface area (Å²) in [6.45, 7) is 4.72. The van der Waals surface area contributed by atoms with Crippen LogP contribution in [0.3, 0.4) is 0 Å². The molecule has 0 bridgehead atoms. The van der Waals surface area contributed by atoms with E-state index in [9.17, 15) is 39.5 Å². The number of alkyl halides is 9. The summed E-state index contributed by atoms with van der Waals surface area (Å²) in [6.07, 6.45) is -10.4. The van der Waals surface area contributed by atoms with Crippen molar-refractivity contribution in [2.75, 3.05) is 20.6 Å². The molecule has 0 aliphatic carbocycles. The lowest BCUT2D eigenvalue weighted by atomic mass is 10.2. The summed E-state index contributed by atoms with van der Waals surface area (Å²) in [5.74, 6) is -8.27. The van der Waals surface area contributed by atoms with Crippen LogP contribution in [-0.4, -0.2) is 102 Å². The summed E-state index contributed by atoms with van der Waals surface area (Å²) in [5, 5.41) is 30.0. The van der Waals surface area contributed by atoms with Gasteiger partial charge < -0.3 is 20.2 Å². The lowest BCUT2D eigenvalue weighted by molar-refractivity contribution is -0.193. The molecular weight excluding hydrogens is 603 g/mol. The normalized spacial score (nSPS) is 13.6. The Morgan fingerprint density at radius 1 is 0.881 bits per heavy atom. The predicted octanol–water partition coefficient (Wildman–Crippen LogP) is 3.04. The number of hydrogen-bond acceptors (Lipinski definition) is 8. The van der Waals surface area contributed by atoms with Gasteiger partial charge in [0.2, 0.25) is 0 Å². The Bertz CT molecular complexity index is 1080. The van der Waals surface area contributed by atoms with Crippen molar-refractivity contribution in [2.24, 2.45) is 0 Å². The molecule has 0 radical (unpaired) electrons. The van der Waals surface area contributed by atoms with Crippen LogP contribution in [0.5, 0.6) is 0 Å². The summed E-state index contributed by atoms with van der Waals surface area (Å²) in [4.78, 5) is 35.5. The van der Waals surface area contributed by atoms with Crippen molar-refractivity contribution >= 4 is 17.9 Å². The number of nitrogens with zero attached hydrogens (tertiary/aromatic N) is 6. The highest BCUT2D eigenvalue weighted by atomic mass is 19.4. The summed E-state index contributed by atoms with van der Waals surface area (Å²) < 4.78 is 97.3. The van der Waals surface area contributed by atoms with Gasteiger partial charge in [-0.25, -0.2) is 19.1 Å². The van der Waals surface area contributed by atoms with E-state index in [1.807, 2.05) is 18.5 Å². The SMILES string of the molecule is CN(C)Cc1nnn2c1CN(Cc1cccnc1)CCC2.O=C(O)C(F)(F)F.O=C(O)C(F)(F)F.O=C(O)C(F)(F)F. The van der Waals surface area contributed by atoms with Crippen LogP contribution in [0, 0.1) is 0 Å². The Balaban J connectivity index is 0.000000660. The Morgan fingerprint density at radius 2 is 1.36 bits per heavy atom. The fourth-order valence-corrected chi connectivity index (χ4v) is 2.76. The van der Waals surface area contributed by atoms with Crippen molar-refractivity contribution in [3.8, 4) is 0 Å². The molecule has 238 valence electrons. The van der Waals surface area contributed by atoms with Crippen molar-refractivity contribution in [3.63, 3.8) is 0 Å². The van der Waals surface area contributed by atoms with Crippen LogP contribution >= 0.6 is 0 Å². The molecule has 0 atom stereocenters. The van der Waals surface area contributed by atoms with Crippen LogP contribution in [0.15, 0.2) is 24.5 Å². The molecule has 0 spiro atoms. The minimum atomic E-state index is -5.08. The number of aryl methyl sites for hydroxylation is 1. The Labute approximate surface area is 231 Å². The molecule has 3 heterocycles. The highest BCUT2D eigenvalue weighted by molar-refractivity contribution is 5.73. The smallest absolute Gasteiger partial charge is 0.475 e. The number of pyridine rings is 1. The number of aromatic nitrogens is 4. The third kappa shape index (κ3) is 15.7. The molecule has 0 amide bonds. The van der Waals surface area contributed by atoms with E-state index in [4.69, 9.17) is 29.7 Å². The van der Waals surface area contributed by atoms with Crippen LogP contribution in [0.2, 0.25) is 0 Å². The van der Waals surface area contributed by atoms with Crippen molar-refractivity contribution in [3.05, 3.63) is 41.5 Å². The van der Waals surface area contributed by atoms with E-state index in [0.717, 1.165) is 44.8 Å². The van der Waals surface area contributed by atoms with E-state index >= 15 is 0 Å². The van der Waals surface area contributed by atoms with Gasteiger partial charge in [0, 0.05) is 45.1 Å². The topological polar surface area (TPSA) is 162 Å². The third-order valence-electron chi connectivity index (χ3n) is 4.46. The fourth-order valence-electron chi connectivity index (χ4n) is 2.76. The maximum atomic E-state index is 10.6. The van der Waals surface area contributed by atoms with Gasteiger partial charge >= 0.3 is 36.4 Å². The average molecular weight is 628 g/mol. The largest absolute Gasteiger partial charge is 0.490 e. The number of halogens is 9. The van der Waals surface area contributed by atoms with Crippen LogP contribution in [0.4, 0.5) is 39.5 Å². The lowest BCUT2D eigenvalue weighted by Crippen LogP contribution is -2.24. The number of hydrogen-bond donors (Lipinski definition) is 3. The minimum Gasteiger partial charge on any atom is -0.475 e. The van der Waals surface area contributed by atoms with E-state index in [1.54, 1.807) is 0 Å². The van der Waals surface area contributed by atoms with E-state index in [-0.39, 0.29) is 0 Å². The molecule has 3 rings (SSSR count). The molecule has 2 aromatic rings. The molecule has 1 aliphatic heterocycles. The van der Waals surface area contributed by atoms with Gasteiger partial charge in [0.05, 0.1) is 5.69 Å². The molecule has 2 aromatic heterocycles. The summed E-state index contributed by atoms with van der Waals surface area (Å²) in [5.41, 5.74) is 3.61. The molecule has 1 aliphatic rings. The molecule has 21 heteroatoms. The standard InChI is InChI=1S/C15H22N6.3C2HF3O2/c1-19(2)11-14-15-12-20(7-4-8-21(15)18-17-14)10-13-5-3-6-16-9-13;3*3-2(4,5)1(6)7/h3,5-6,9H,4,7-8,10-12H2,1-2H3;3*(H,6,7). The van der Waals surface area contributed by atoms with Crippen LogP contribution < -0.4 is 0 Å². The summed E-state index contributed by atoms with van der Waals surface area (Å²) >= 11 is 0. The predicted molar refractivity (Wildman–Crippen MR) is 121 cm³/mol. The first kappa shape index (κ1) is 38.0. The number of fused-ring (bicyclic) bond motifs is 1. The summed E-state index contributed by atoms with van der Waals surface area (Å²) in [6, 6.07) is 4.13. The quantitative estimate of drug-likeness (QED) is 0.427. The van der Waals surface area contributed by atoms with Crippen molar-refractivity contribution < 1.29 is 69.2 Å². The van der Waals surface area contributed by atoms with Gasteiger partial charge in [0.15, 0.2) is 0 Å². The molecule has 0 aromatic carbocycles. The van der Waals surface area contributed by atoms with Gasteiger partial charge in [-0.3, -0.25) is 9.88 Å². The Kier molecular flexibility index (Phi) is 14.9. The fraction of sp³-hybridized carbons (Fsp3) is 0.524. The zero-order valence-corrected chi connectivity index (χ0v) is 21.7. The zero-order valence-electron chi connectivity index (χ0n) is 21.7. The van der Waals surface area contributed by atoms with E-state index < -0.39 is 36.4 Å². The molecular formula is C21H25F9N6O6. The highest BCUT2D eigenvalue weighted by Crippen LogP contribution is 2.18. The minimum absolute atomic E-state index is 0.843. The van der Waals surface area contributed by atoms with Gasteiger partial charge in [0.25, 0.3) is 0 Å². The first-order valence-electron chi connectivity index (χ1n) is 11.1. The number of rotatable bonds is 4. The van der Waals surface area contributed by atoms with Gasteiger partial charge in [-0.15, -0.1) is 5.10 Å². The Hall–Kier alpha value is -4.01. The number of carboxylic acids is 3. The van der Waals surface area contributed by atoms with E-state index in [0.29, 0.717) is 0 Å².